The molecule has 7 N–H and O–H groups in total. The molecule has 28 heavy (non-hydrogen) atoms. The van der Waals surface area contributed by atoms with Crippen LogP contribution in [-0.4, -0.2) is 76.7 Å². The zero-order valence-corrected chi connectivity index (χ0v) is 17.0. The van der Waals surface area contributed by atoms with E-state index in [-0.39, 0.29) is 5.75 Å². The molecule has 1 fully saturated rings. The fourth-order valence-electron chi connectivity index (χ4n) is 3.00. The van der Waals surface area contributed by atoms with Gasteiger partial charge >= 0.3 is 5.97 Å². The number of hydrogen-bond donors (Lipinski definition) is 6. The molecule has 1 heterocycles. The van der Waals surface area contributed by atoms with E-state index in [9.17, 15) is 24.3 Å². The first-order valence-corrected chi connectivity index (χ1v) is 10.1. The van der Waals surface area contributed by atoms with E-state index in [2.05, 4.69) is 23.3 Å². The van der Waals surface area contributed by atoms with Gasteiger partial charge in [0, 0.05) is 12.3 Å². The maximum Gasteiger partial charge on any atom is 0.326 e. The molecule has 4 atom stereocenters. The van der Waals surface area contributed by atoms with Gasteiger partial charge in [-0.2, -0.15) is 12.6 Å². The third kappa shape index (κ3) is 6.95. The molecule has 1 aliphatic rings. The first-order chi connectivity index (χ1) is 13.2. The molecule has 1 saturated heterocycles. The van der Waals surface area contributed by atoms with Gasteiger partial charge in [-0.25, -0.2) is 4.79 Å². The van der Waals surface area contributed by atoms with Gasteiger partial charge in [0.25, 0.3) is 0 Å². The number of amides is 3. The van der Waals surface area contributed by atoms with Crippen molar-refractivity contribution in [3.05, 3.63) is 0 Å². The van der Waals surface area contributed by atoms with Crippen LogP contribution in [0.3, 0.4) is 0 Å². The summed E-state index contributed by atoms with van der Waals surface area (Å²) in [6.07, 6.45) is 2.59. The lowest BCUT2D eigenvalue weighted by molar-refractivity contribution is -0.149. The molecule has 0 aliphatic carbocycles. The van der Waals surface area contributed by atoms with Crippen LogP contribution in [0.25, 0.3) is 0 Å². The Labute approximate surface area is 170 Å². The fourth-order valence-corrected chi connectivity index (χ4v) is 3.17. The predicted molar refractivity (Wildman–Crippen MR) is 107 cm³/mol. The van der Waals surface area contributed by atoms with E-state index >= 15 is 0 Å². The number of unbranched alkanes of at least 4 members (excludes halogenated alkanes) is 1. The van der Waals surface area contributed by atoms with Crippen molar-refractivity contribution >= 4 is 36.3 Å². The van der Waals surface area contributed by atoms with Crippen LogP contribution < -0.4 is 22.1 Å². The molecule has 0 bridgehead atoms. The number of thiol groups is 1. The average Bonchev–Trinajstić information content (AvgIpc) is 3.15. The summed E-state index contributed by atoms with van der Waals surface area (Å²) in [5, 5.41) is 14.4. The van der Waals surface area contributed by atoms with Crippen LogP contribution >= 0.6 is 12.6 Å². The van der Waals surface area contributed by atoms with Crippen LogP contribution in [0.1, 0.15) is 39.0 Å². The normalized spacial score (nSPS) is 19.6. The molecule has 0 aromatic heterocycles. The van der Waals surface area contributed by atoms with Gasteiger partial charge in [0.05, 0.1) is 6.04 Å². The molecule has 10 nitrogen and oxygen atoms in total. The predicted octanol–water partition coefficient (Wildman–Crippen LogP) is -1.56. The number of carboxylic acids is 1. The van der Waals surface area contributed by atoms with Gasteiger partial charge in [-0.1, -0.05) is 0 Å². The molecule has 0 aromatic carbocycles. The molecule has 4 unspecified atom stereocenters. The Morgan fingerprint density at radius 2 is 1.89 bits per heavy atom. The van der Waals surface area contributed by atoms with Gasteiger partial charge in [0.2, 0.25) is 17.7 Å². The summed E-state index contributed by atoms with van der Waals surface area (Å²) in [6.45, 7) is 2.27. The van der Waals surface area contributed by atoms with E-state index in [4.69, 9.17) is 11.5 Å². The summed E-state index contributed by atoms with van der Waals surface area (Å²) in [6, 6.07) is -3.51. The molecular formula is C17H31N5O5S. The summed E-state index contributed by atoms with van der Waals surface area (Å²) in [5.41, 5.74) is 11.1. The largest absolute Gasteiger partial charge is 0.480 e. The Morgan fingerprint density at radius 3 is 2.46 bits per heavy atom. The van der Waals surface area contributed by atoms with Crippen molar-refractivity contribution in [2.24, 2.45) is 11.5 Å². The van der Waals surface area contributed by atoms with Gasteiger partial charge in [-0.05, 0) is 45.6 Å². The molecule has 0 radical (unpaired) electrons. The molecule has 1 rings (SSSR count). The van der Waals surface area contributed by atoms with Crippen LogP contribution in [0.4, 0.5) is 0 Å². The number of nitrogens with two attached hydrogens (primary N) is 2. The second-order valence-electron chi connectivity index (χ2n) is 6.89. The van der Waals surface area contributed by atoms with E-state index < -0.39 is 47.9 Å². The lowest BCUT2D eigenvalue weighted by atomic mass is 10.1. The molecule has 3 amide bonds. The number of likely N-dealkylation sites (tertiary alicyclic amines) is 1. The lowest BCUT2D eigenvalue weighted by Crippen LogP contribution is -2.56. The van der Waals surface area contributed by atoms with E-state index in [1.165, 1.54) is 11.8 Å². The monoisotopic (exact) mass is 417 g/mol. The zero-order chi connectivity index (χ0) is 21.3. The number of aliphatic carboxylic acids is 1. The molecule has 0 saturated carbocycles. The summed E-state index contributed by atoms with van der Waals surface area (Å²) in [5.74, 6) is -2.42. The van der Waals surface area contributed by atoms with Crippen LogP contribution in [0.5, 0.6) is 0 Å². The highest BCUT2D eigenvalue weighted by Crippen LogP contribution is 2.19. The first kappa shape index (κ1) is 24.2. The number of carbonyl (C=O) groups excluding carboxylic acids is 3. The summed E-state index contributed by atoms with van der Waals surface area (Å²) in [4.78, 5) is 49.9. The molecule has 1 aliphatic heterocycles. The second-order valence-corrected chi connectivity index (χ2v) is 7.26. The van der Waals surface area contributed by atoms with Crippen molar-refractivity contribution in [3.63, 3.8) is 0 Å². The Balaban J connectivity index is 2.80. The molecule has 11 heteroatoms. The quantitative estimate of drug-likeness (QED) is 0.174. The Bertz CT molecular complexity index is 576. The molecule has 0 aromatic rings. The number of carboxylic acid groups (broad SMARTS) is 1. The van der Waals surface area contributed by atoms with Crippen LogP contribution in [-0.2, 0) is 19.2 Å². The average molecular weight is 418 g/mol. The Hall–Kier alpha value is -1.85. The standard InChI is InChI=1S/C17H31N5O5S/c1-10(20-15(24)11(19)9-28)14(23)21-12(5-2-3-7-18)16(25)22-8-4-6-13(22)17(26)27/h10-13,28H,2-9,18-19H2,1H3,(H,20,24)(H,21,23)(H,26,27). The van der Waals surface area contributed by atoms with E-state index in [0.29, 0.717) is 45.2 Å². The summed E-state index contributed by atoms with van der Waals surface area (Å²) < 4.78 is 0. The summed E-state index contributed by atoms with van der Waals surface area (Å²) in [7, 11) is 0. The zero-order valence-electron chi connectivity index (χ0n) is 16.1. The van der Waals surface area contributed by atoms with Crippen molar-refractivity contribution in [1.82, 2.24) is 15.5 Å². The number of hydrogen-bond acceptors (Lipinski definition) is 7. The number of rotatable bonds is 11. The van der Waals surface area contributed by atoms with E-state index in [0.717, 1.165) is 0 Å². The minimum absolute atomic E-state index is 0.131. The Kier molecular flexibility index (Phi) is 10.3. The highest BCUT2D eigenvalue weighted by molar-refractivity contribution is 7.80. The van der Waals surface area contributed by atoms with Crippen molar-refractivity contribution in [2.45, 2.75) is 63.2 Å². The van der Waals surface area contributed by atoms with E-state index in [1.807, 2.05) is 0 Å². The van der Waals surface area contributed by atoms with Crippen molar-refractivity contribution in [1.29, 1.82) is 0 Å². The number of carbonyl (C=O) groups is 4. The molecule has 0 spiro atoms. The lowest BCUT2D eigenvalue weighted by Gasteiger charge is -2.28. The minimum atomic E-state index is -1.06. The van der Waals surface area contributed by atoms with Crippen LogP contribution in [0, 0.1) is 0 Å². The highest BCUT2D eigenvalue weighted by Gasteiger charge is 2.37. The van der Waals surface area contributed by atoms with Gasteiger partial charge in [-0.3, -0.25) is 14.4 Å². The number of nitrogens with zero attached hydrogens (tertiary/aromatic N) is 1. The number of nitrogens with one attached hydrogen (secondary N) is 2. The maximum absolute atomic E-state index is 12.9. The third-order valence-electron chi connectivity index (χ3n) is 4.67. The first-order valence-electron chi connectivity index (χ1n) is 9.43. The smallest absolute Gasteiger partial charge is 0.326 e. The van der Waals surface area contributed by atoms with Gasteiger partial charge in [-0.15, -0.1) is 0 Å². The second kappa shape index (κ2) is 11.9. The molecule has 160 valence electrons. The van der Waals surface area contributed by atoms with Crippen molar-refractivity contribution < 1.29 is 24.3 Å². The van der Waals surface area contributed by atoms with Crippen molar-refractivity contribution in [2.75, 3.05) is 18.8 Å². The maximum atomic E-state index is 12.9. The van der Waals surface area contributed by atoms with Gasteiger partial charge in [0.15, 0.2) is 0 Å². The minimum Gasteiger partial charge on any atom is -0.480 e. The Morgan fingerprint density at radius 1 is 1.21 bits per heavy atom. The highest BCUT2D eigenvalue weighted by atomic mass is 32.1. The SMILES string of the molecule is CC(NC(=O)C(N)CS)C(=O)NC(CCCCN)C(=O)N1CCCC1C(=O)O. The van der Waals surface area contributed by atoms with Gasteiger partial charge in [0.1, 0.15) is 18.1 Å². The van der Waals surface area contributed by atoms with Crippen LogP contribution in [0.15, 0.2) is 0 Å². The van der Waals surface area contributed by atoms with Crippen molar-refractivity contribution in [3.8, 4) is 0 Å². The molecular weight excluding hydrogens is 386 g/mol. The topological polar surface area (TPSA) is 168 Å². The summed E-state index contributed by atoms with van der Waals surface area (Å²) >= 11 is 3.94. The van der Waals surface area contributed by atoms with E-state index in [1.54, 1.807) is 0 Å². The fraction of sp³-hybridized carbons (Fsp3) is 0.765. The van der Waals surface area contributed by atoms with Gasteiger partial charge < -0.3 is 32.1 Å². The van der Waals surface area contributed by atoms with Crippen LogP contribution in [0.2, 0.25) is 0 Å². The third-order valence-corrected chi connectivity index (χ3v) is 5.06.